The molecule has 2 aromatic rings. The quantitative estimate of drug-likeness (QED) is 0.851. The average molecular weight is 318 g/mol. The number of benzene rings is 1. The first kappa shape index (κ1) is 17.1. The van der Waals surface area contributed by atoms with Gasteiger partial charge in [-0.1, -0.05) is 12.1 Å². The number of amides is 1. The summed E-state index contributed by atoms with van der Waals surface area (Å²) in [6, 6.07) is 7.98. The molecule has 23 heavy (non-hydrogen) atoms. The van der Waals surface area contributed by atoms with Crippen molar-refractivity contribution in [2.45, 2.75) is 25.9 Å². The summed E-state index contributed by atoms with van der Waals surface area (Å²) in [5, 5.41) is 7.14. The normalized spacial score (nSPS) is 12.4. The summed E-state index contributed by atoms with van der Waals surface area (Å²) in [5.74, 6) is -0.386. The van der Waals surface area contributed by atoms with Gasteiger partial charge in [0.05, 0.1) is 6.04 Å². The Morgan fingerprint density at radius 3 is 2.57 bits per heavy atom. The number of halogens is 1. The van der Waals surface area contributed by atoms with E-state index in [-0.39, 0.29) is 24.3 Å². The molecular weight excluding hydrogens is 295 g/mol. The summed E-state index contributed by atoms with van der Waals surface area (Å²) in [5.41, 5.74) is 1.84. The molecule has 6 heteroatoms. The lowest BCUT2D eigenvalue weighted by molar-refractivity contribution is -0.122. The van der Waals surface area contributed by atoms with Crippen LogP contribution in [0.1, 0.15) is 23.7 Å². The Bertz CT molecular complexity index is 636. The van der Waals surface area contributed by atoms with Crippen molar-refractivity contribution in [3.05, 3.63) is 53.6 Å². The lowest BCUT2D eigenvalue weighted by Gasteiger charge is -2.21. The van der Waals surface area contributed by atoms with E-state index in [0.717, 1.165) is 24.2 Å². The Kier molecular flexibility index (Phi) is 5.87. The summed E-state index contributed by atoms with van der Waals surface area (Å²) in [4.78, 5) is 14.4. The minimum atomic E-state index is -0.279. The Hall–Kier alpha value is -2.21. The second kappa shape index (κ2) is 7.87. The topological polar surface area (TPSA) is 50.2 Å². The summed E-state index contributed by atoms with van der Waals surface area (Å²) >= 11 is 0. The van der Waals surface area contributed by atoms with Crippen LogP contribution in [0, 0.1) is 12.7 Å². The van der Waals surface area contributed by atoms with E-state index in [2.05, 4.69) is 15.3 Å². The summed E-state index contributed by atoms with van der Waals surface area (Å²) < 4.78 is 14.8. The Morgan fingerprint density at radius 1 is 1.30 bits per heavy atom. The maximum atomic E-state index is 13.1. The third kappa shape index (κ3) is 5.17. The molecule has 0 aliphatic carbocycles. The maximum Gasteiger partial charge on any atom is 0.242 e. The van der Waals surface area contributed by atoms with Crippen LogP contribution >= 0.6 is 0 Å². The zero-order chi connectivity index (χ0) is 16.8. The molecule has 0 radical (unpaired) electrons. The van der Waals surface area contributed by atoms with Crippen LogP contribution in [-0.2, 0) is 11.3 Å². The molecule has 1 N–H and O–H groups in total. The molecule has 124 valence electrons. The van der Waals surface area contributed by atoms with Gasteiger partial charge in [-0.25, -0.2) is 4.39 Å². The van der Waals surface area contributed by atoms with Crippen molar-refractivity contribution in [1.29, 1.82) is 0 Å². The number of carbonyl (C=O) groups is 1. The van der Waals surface area contributed by atoms with Crippen LogP contribution in [0.4, 0.5) is 4.39 Å². The van der Waals surface area contributed by atoms with Crippen LogP contribution in [0.5, 0.6) is 0 Å². The molecule has 0 spiro atoms. The molecule has 0 aliphatic rings. The fraction of sp³-hybridized carbons (Fsp3) is 0.412. The summed E-state index contributed by atoms with van der Waals surface area (Å²) in [6.07, 6.45) is 2.43. The van der Waals surface area contributed by atoms with E-state index < -0.39 is 0 Å². The Morgan fingerprint density at radius 2 is 2.00 bits per heavy atom. The van der Waals surface area contributed by atoms with Gasteiger partial charge >= 0.3 is 0 Å². The van der Waals surface area contributed by atoms with Crippen LogP contribution in [0.15, 0.2) is 36.5 Å². The highest BCUT2D eigenvalue weighted by Crippen LogP contribution is 2.17. The minimum Gasteiger partial charge on any atom is -0.348 e. The monoisotopic (exact) mass is 318 g/mol. The summed E-state index contributed by atoms with van der Waals surface area (Å²) in [7, 11) is 3.97. The first-order valence-corrected chi connectivity index (χ1v) is 7.63. The lowest BCUT2D eigenvalue weighted by atomic mass is 10.0. The highest BCUT2D eigenvalue weighted by Gasteiger charge is 2.16. The molecule has 2 rings (SSSR count). The van der Waals surface area contributed by atoms with Crippen molar-refractivity contribution in [3.8, 4) is 0 Å². The van der Waals surface area contributed by atoms with E-state index in [1.54, 1.807) is 23.0 Å². The molecule has 1 aromatic heterocycles. The van der Waals surface area contributed by atoms with Crippen molar-refractivity contribution in [1.82, 2.24) is 20.0 Å². The van der Waals surface area contributed by atoms with Crippen molar-refractivity contribution in [3.63, 3.8) is 0 Å². The fourth-order valence-electron chi connectivity index (χ4n) is 2.34. The predicted molar refractivity (Wildman–Crippen MR) is 87.4 cm³/mol. The van der Waals surface area contributed by atoms with E-state index in [0.29, 0.717) is 0 Å². The largest absolute Gasteiger partial charge is 0.348 e. The van der Waals surface area contributed by atoms with Crippen LogP contribution in [0.3, 0.4) is 0 Å². The molecule has 1 atom stereocenters. The second-order valence-corrected chi connectivity index (χ2v) is 5.89. The fourth-order valence-corrected chi connectivity index (χ4v) is 2.34. The van der Waals surface area contributed by atoms with E-state index in [4.69, 9.17) is 0 Å². The van der Waals surface area contributed by atoms with Crippen LogP contribution in [-0.4, -0.2) is 41.2 Å². The van der Waals surface area contributed by atoms with Gasteiger partial charge in [0.2, 0.25) is 5.91 Å². The molecule has 0 saturated carbocycles. The van der Waals surface area contributed by atoms with E-state index in [1.807, 2.05) is 27.1 Å². The Labute approximate surface area is 136 Å². The van der Waals surface area contributed by atoms with Crippen LogP contribution < -0.4 is 5.32 Å². The third-order valence-electron chi connectivity index (χ3n) is 3.69. The van der Waals surface area contributed by atoms with Gasteiger partial charge in [0.1, 0.15) is 12.4 Å². The predicted octanol–water partition coefficient (Wildman–Crippen LogP) is 2.14. The Balaban J connectivity index is 2.05. The van der Waals surface area contributed by atoms with Gasteiger partial charge in [-0.3, -0.25) is 9.48 Å². The molecular formula is C17H23FN4O. The van der Waals surface area contributed by atoms with Gasteiger partial charge in [0, 0.05) is 11.9 Å². The molecule has 0 saturated heterocycles. The second-order valence-electron chi connectivity index (χ2n) is 5.89. The zero-order valence-electron chi connectivity index (χ0n) is 13.8. The SMILES string of the molecule is Cc1ccnn1CC(=O)NC(CCN(C)C)c1ccc(F)cc1. The number of rotatable bonds is 7. The molecule has 5 nitrogen and oxygen atoms in total. The number of carbonyl (C=O) groups excluding carboxylic acids is 1. The highest BCUT2D eigenvalue weighted by atomic mass is 19.1. The van der Waals surface area contributed by atoms with Crippen LogP contribution in [0.2, 0.25) is 0 Å². The molecule has 0 bridgehead atoms. The number of aromatic nitrogens is 2. The maximum absolute atomic E-state index is 13.1. The van der Waals surface area contributed by atoms with Gasteiger partial charge in [0.25, 0.3) is 0 Å². The molecule has 0 aliphatic heterocycles. The zero-order valence-corrected chi connectivity index (χ0v) is 13.8. The molecule has 1 amide bonds. The van der Waals surface area contributed by atoms with Gasteiger partial charge in [-0.15, -0.1) is 0 Å². The number of aryl methyl sites for hydroxylation is 1. The number of hydrogen-bond acceptors (Lipinski definition) is 3. The van der Waals surface area contributed by atoms with E-state index in [9.17, 15) is 9.18 Å². The average Bonchev–Trinajstić information content (AvgIpc) is 2.89. The number of hydrogen-bond donors (Lipinski definition) is 1. The van der Waals surface area contributed by atoms with Gasteiger partial charge in [0.15, 0.2) is 0 Å². The van der Waals surface area contributed by atoms with Crippen molar-refractivity contribution in [2.24, 2.45) is 0 Å². The van der Waals surface area contributed by atoms with Crippen molar-refractivity contribution < 1.29 is 9.18 Å². The molecule has 1 unspecified atom stereocenters. The first-order valence-electron chi connectivity index (χ1n) is 7.63. The smallest absolute Gasteiger partial charge is 0.242 e. The number of nitrogens with one attached hydrogen (secondary N) is 1. The third-order valence-corrected chi connectivity index (χ3v) is 3.69. The lowest BCUT2D eigenvalue weighted by Crippen LogP contribution is -2.33. The standard InChI is InChI=1S/C17H23FN4O/c1-13-8-10-19-22(13)12-17(23)20-16(9-11-21(2)3)14-4-6-15(18)7-5-14/h4-8,10,16H,9,11-12H2,1-3H3,(H,20,23). The van der Waals surface area contributed by atoms with E-state index in [1.165, 1.54) is 12.1 Å². The van der Waals surface area contributed by atoms with Gasteiger partial charge in [-0.05, 0) is 57.7 Å². The van der Waals surface area contributed by atoms with Gasteiger partial charge < -0.3 is 10.2 Å². The summed E-state index contributed by atoms with van der Waals surface area (Å²) in [6.45, 7) is 2.91. The molecule has 1 aromatic carbocycles. The minimum absolute atomic E-state index is 0.107. The molecule has 0 fully saturated rings. The first-order chi connectivity index (χ1) is 11.0. The van der Waals surface area contributed by atoms with Gasteiger partial charge in [-0.2, -0.15) is 5.10 Å². The molecule has 1 heterocycles. The number of nitrogens with zero attached hydrogens (tertiary/aromatic N) is 3. The van der Waals surface area contributed by atoms with Crippen molar-refractivity contribution in [2.75, 3.05) is 20.6 Å². The highest BCUT2D eigenvalue weighted by molar-refractivity contribution is 5.76. The van der Waals surface area contributed by atoms with Crippen molar-refractivity contribution >= 4 is 5.91 Å². The van der Waals surface area contributed by atoms with E-state index >= 15 is 0 Å². The van der Waals surface area contributed by atoms with Crippen LogP contribution in [0.25, 0.3) is 0 Å².